The van der Waals surface area contributed by atoms with E-state index in [4.69, 9.17) is 16.3 Å². The van der Waals surface area contributed by atoms with E-state index < -0.39 is 11.3 Å². The van der Waals surface area contributed by atoms with Gasteiger partial charge in [0.1, 0.15) is 5.54 Å². The van der Waals surface area contributed by atoms with Crippen molar-refractivity contribution in [3.8, 4) is 0 Å². The van der Waals surface area contributed by atoms with Crippen LogP contribution in [0.3, 0.4) is 0 Å². The average Bonchev–Trinajstić information content (AvgIpc) is 2.94. The zero-order valence-electron chi connectivity index (χ0n) is 17.4. The molecule has 1 atom stereocenters. The van der Waals surface area contributed by atoms with Crippen molar-refractivity contribution in [1.29, 1.82) is 0 Å². The highest BCUT2D eigenvalue weighted by Crippen LogP contribution is 2.54. The fourth-order valence-corrected chi connectivity index (χ4v) is 4.74. The van der Waals surface area contributed by atoms with Gasteiger partial charge in [-0.05, 0) is 50.2 Å². The molecule has 2 aliphatic heterocycles. The Morgan fingerprint density at radius 3 is 2.06 bits per heavy atom. The van der Waals surface area contributed by atoms with Crippen molar-refractivity contribution in [3.05, 3.63) is 94.5 Å². The summed E-state index contributed by atoms with van der Waals surface area (Å²) in [7, 11) is 0. The first-order valence-corrected chi connectivity index (χ1v) is 10.6. The van der Waals surface area contributed by atoms with Crippen LogP contribution in [-0.2, 0) is 10.5 Å². The summed E-state index contributed by atoms with van der Waals surface area (Å²) in [4.78, 5) is 17.1. The van der Waals surface area contributed by atoms with E-state index in [-0.39, 0.29) is 19.2 Å². The minimum Gasteiger partial charge on any atom is -0.376 e. The van der Waals surface area contributed by atoms with Crippen molar-refractivity contribution in [1.82, 2.24) is 0 Å². The van der Waals surface area contributed by atoms with Crippen molar-refractivity contribution in [3.63, 3.8) is 0 Å². The van der Waals surface area contributed by atoms with Crippen LogP contribution >= 0.6 is 11.6 Å². The predicted molar refractivity (Wildman–Crippen MR) is 122 cm³/mol. The highest BCUT2D eigenvalue weighted by atomic mass is 35.5. The normalized spacial score (nSPS) is 22.1. The quantitative estimate of drug-likeness (QED) is 0.629. The summed E-state index contributed by atoms with van der Waals surface area (Å²) >= 11 is 6.09. The van der Waals surface area contributed by atoms with E-state index >= 15 is 0 Å². The molecule has 1 spiro atoms. The summed E-state index contributed by atoms with van der Waals surface area (Å²) in [6.07, 6.45) is 0. The first-order chi connectivity index (χ1) is 14.9. The lowest BCUT2D eigenvalue weighted by Crippen LogP contribution is -2.70. The van der Waals surface area contributed by atoms with Gasteiger partial charge < -0.3 is 9.84 Å². The Labute approximate surface area is 186 Å². The van der Waals surface area contributed by atoms with Crippen LogP contribution in [0.5, 0.6) is 0 Å². The van der Waals surface area contributed by atoms with Gasteiger partial charge in [-0.2, -0.15) is 0 Å². The van der Waals surface area contributed by atoms with Gasteiger partial charge in [-0.1, -0.05) is 59.1 Å². The van der Waals surface area contributed by atoms with Crippen molar-refractivity contribution < 1.29 is 14.6 Å². The molecule has 2 fully saturated rings. The zero-order chi connectivity index (χ0) is 21.8. The number of urea groups is 1. The summed E-state index contributed by atoms with van der Waals surface area (Å²) in [6.45, 7) is 4.40. The van der Waals surface area contributed by atoms with Crippen molar-refractivity contribution in [2.24, 2.45) is 0 Å². The van der Waals surface area contributed by atoms with Gasteiger partial charge in [0.25, 0.3) is 0 Å². The van der Waals surface area contributed by atoms with E-state index in [9.17, 15) is 9.90 Å². The summed E-state index contributed by atoms with van der Waals surface area (Å²) < 4.78 is 5.63. The third kappa shape index (κ3) is 2.81. The summed E-state index contributed by atoms with van der Waals surface area (Å²) in [5.41, 5.74) is 1.43. The second-order valence-corrected chi connectivity index (χ2v) is 8.77. The number of aryl methyl sites for hydroxylation is 2. The fraction of sp³-hybridized carbons (Fsp3) is 0.240. The van der Waals surface area contributed by atoms with E-state index in [2.05, 4.69) is 0 Å². The second kappa shape index (κ2) is 7.09. The standard InChI is InChI=1S/C25H23ClN2O3/c1-17-6-10-22(11-7-17)28-23(29)27(21-12-8-20(26)9-13-21)24(15-31-16-24)25(28,30)19-5-3-4-18(2)14-19/h3-14,30H,15-16H2,1-2H3. The maximum absolute atomic E-state index is 14.0. The molecule has 31 heavy (non-hydrogen) atoms. The van der Waals surface area contributed by atoms with Gasteiger partial charge in [-0.3, -0.25) is 9.80 Å². The van der Waals surface area contributed by atoms with E-state index in [0.29, 0.717) is 22.0 Å². The average molecular weight is 435 g/mol. The van der Waals surface area contributed by atoms with Crippen molar-refractivity contribution in [2.45, 2.75) is 25.1 Å². The number of anilines is 2. The Morgan fingerprint density at radius 1 is 0.871 bits per heavy atom. The zero-order valence-corrected chi connectivity index (χ0v) is 18.1. The maximum Gasteiger partial charge on any atom is 0.332 e. The van der Waals surface area contributed by atoms with Gasteiger partial charge in [0.2, 0.25) is 5.72 Å². The van der Waals surface area contributed by atoms with Crippen LogP contribution in [0.2, 0.25) is 5.02 Å². The van der Waals surface area contributed by atoms with E-state index in [0.717, 1.165) is 11.1 Å². The second-order valence-electron chi connectivity index (χ2n) is 8.33. The Kier molecular flexibility index (Phi) is 4.59. The molecule has 0 radical (unpaired) electrons. The number of ether oxygens (including phenoxy) is 1. The molecule has 3 aromatic rings. The van der Waals surface area contributed by atoms with E-state index in [1.165, 1.54) is 4.90 Å². The number of halogens is 1. The van der Waals surface area contributed by atoms with Crippen LogP contribution in [0.1, 0.15) is 16.7 Å². The largest absolute Gasteiger partial charge is 0.376 e. The number of carbonyl (C=O) groups is 1. The molecule has 0 bridgehead atoms. The molecule has 2 heterocycles. The minimum absolute atomic E-state index is 0.216. The Hall–Kier alpha value is -2.86. The molecule has 5 rings (SSSR count). The monoisotopic (exact) mass is 434 g/mol. The van der Waals surface area contributed by atoms with E-state index in [1.54, 1.807) is 29.2 Å². The Morgan fingerprint density at radius 2 is 1.48 bits per heavy atom. The number of carbonyl (C=O) groups excluding carboxylic acids is 1. The molecule has 2 saturated heterocycles. The molecule has 0 aromatic heterocycles. The number of amides is 2. The summed E-state index contributed by atoms with van der Waals surface area (Å²) in [5.74, 6) is 0. The molecule has 5 nitrogen and oxygen atoms in total. The lowest BCUT2D eigenvalue weighted by atomic mass is 9.78. The predicted octanol–water partition coefficient (Wildman–Crippen LogP) is 5.02. The molecule has 1 N–H and O–H groups in total. The first-order valence-electron chi connectivity index (χ1n) is 10.2. The molecule has 2 aliphatic rings. The summed E-state index contributed by atoms with van der Waals surface area (Å²) in [6, 6.07) is 22.1. The van der Waals surface area contributed by atoms with Crippen LogP contribution < -0.4 is 9.80 Å². The summed E-state index contributed by atoms with van der Waals surface area (Å²) in [5, 5.41) is 13.0. The van der Waals surface area contributed by atoms with Gasteiger partial charge in [0, 0.05) is 22.0 Å². The number of aliphatic hydroxyl groups is 1. The lowest BCUT2D eigenvalue weighted by molar-refractivity contribution is -0.153. The lowest BCUT2D eigenvalue weighted by Gasteiger charge is -2.51. The number of benzene rings is 3. The van der Waals surface area contributed by atoms with Gasteiger partial charge in [0.15, 0.2) is 0 Å². The molecule has 0 aliphatic carbocycles. The number of rotatable bonds is 3. The fourth-order valence-electron chi connectivity index (χ4n) is 4.61. The first kappa shape index (κ1) is 20.1. The Balaban J connectivity index is 1.76. The van der Waals surface area contributed by atoms with Gasteiger partial charge >= 0.3 is 6.03 Å². The molecule has 0 saturated carbocycles. The third-order valence-electron chi connectivity index (χ3n) is 6.26. The van der Waals surface area contributed by atoms with Crippen LogP contribution in [0.25, 0.3) is 0 Å². The van der Waals surface area contributed by atoms with Gasteiger partial charge in [0.05, 0.1) is 13.2 Å². The number of hydrogen-bond donors (Lipinski definition) is 1. The smallest absolute Gasteiger partial charge is 0.332 e. The van der Waals surface area contributed by atoms with Crippen LogP contribution in [0.15, 0.2) is 72.8 Å². The molecular formula is C25H23ClN2O3. The SMILES string of the molecule is Cc1ccc(N2C(=O)N(c3ccc(Cl)cc3)C3(COC3)C2(O)c2cccc(C)c2)cc1. The van der Waals surface area contributed by atoms with Gasteiger partial charge in [-0.15, -0.1) is 0 Å². The number of nitrogens with zero attached hydrogens (tertiary/aromatic N) is 2. The van der Waals surface area contributed by atoms with Crippen molar-refractivity contribution >= 4 is 29.0 Å². The highest BCUT2D eigenvalue weighted by Gasteiger charge is 2.72. The molecule has 3 aromatic carbocycles. The minimum atomic E-state index is -1.62. The molecule has 2 amide bonds. The molecule has 158 valence electrons. The molecular weight excluding hydrogens is 412 g/mol. The molecule has 6 heteroatoms. The van der Waals surface area contributed by atoms with Crippen molar-refractivity contribution in [2.75, 3.05) is 23.0 Å². The Bertz CT molecular complexity index is 1140. The van der Waals surface area contributed by atoms with Gasteiger partial charge in [-0.25, -0.2) is 4.79 Å². The number of hydrogen-bond acceptors (Lipinski definition) is 3. The van der Waals surface area contributed by atoms with E-state index in [1.807, 2.05) is 62.4 Å². The maximum atomic E-state index is 14.0. The van der Waals surface area contributed by atoms with Crippen LogP contribution in [0, 0.1) is 13.8 Å². The molecule has 1 unspecified atom stereocenters. The van der Waals surface area contributed by atoms with Crippen LogP contribution in [-0.4, -0.2) is 29.9 Å². The third-order valence-corrected chi connectivity index (χ3v) is 6.51. The van der Waals surface area contributed by atoms with Crippen LogP contribution in [0.4, 0.5) is 16.2 Å². The highest BCUT2D eigenvalue weighted by molar-refractivity contribution is 6.30. The topological polar surface area (TPSA) is 53.0 Å².